The van der Waals surface area contributed by atoms with Crippen LogP contribution in [-0.2, 0) is 23.1 Å². The summed E-state index contributed by atoms with van der Waals surface area (Å²) in [4.78, 5) is 33.1. The molecule has 0 bridgehead atoms. The Morgan fingerprint density at radius 2 is 2.13 bits per heavy atom. The second-order valence-electron chi connectivity index (χ2n) is 6.83. The zero-order valence-corrected chi connectivity index (χ0v) is 17.8. The molecule has 2 heterocycles. The molecule has 1 atom stereocenters. The van der Waals surface area contributed by atoms with Crippen LogP contribution in [0.3, 0.4) is 0 Å². The van der Waals surface area contributed by atoms with Gasteiger partial charge in [0.25, 0.3) is 5.91 Å². The molecule has 0 fully saturated rings. The van der Waals surface area contributed by atoms with Gasteiger partial charge in [0, 0.05) is 18.8 Å². The van der Waals surface area contributed by atoms with Gasteiger partial charge in [-0.2, -0.15) is 4.99 Å². The van der Waals surface area contributed by atoms with E-state index in [1.165, 1.54) is 11.8 Å². The number of hydrogen-bond acceptors (Lipinski definition) is 7. The van der Waals surface area contributed by atoms with Crippen LogP contribution in [0.2, 0.25) is 0 Å². The Bertz CT molecular complexity index is 1150. The van der Waals surface area contributed by atoms with Gasteiger partial charge in [0.05, 0.1) is 25.0 Å². The first kappa shape index (κ1) is 20.7. The molecule has 0 saturated heterocycles. The number of nitrogens with zero attached hydrogens (tertiary/aromatic N) is 5. The Hall–Kier alpha value is -3.53. The molecule has 1 aliphatic heterocycles. The summed E-state index contributed by atoms with van der Waals surface area (Å²) in [5.41, 5.74) is 1.34. The monoisotopic (exact) mass is 436 g/mol. The van der Waals surface area contributed by atoms with Crippen molar-refractivity contribution in [1.29, 1.82) is 0 Å². The fraction of sp³-hybridized carbons (Fsp3) is 0.238. The lowest BCUT2D eigenvalue weighted by atomic mass is 9.97. The molecule has 9 nitrogen and oxygen atoms in total. The van der Waals surface area contributed by atoms with Crippen LogP contribution in [0.4, 0.5) is 5.69 Å². The van der Waals surface area contributed by atoms with Crippen LogP contribution in [0, 0.1) is 5.92 Å². The summed E-state index contributed by atoms with van der Waals surface area (Å²) in [7, 11) is 3.36. The number of aromatic nitrogens is 3. The van der Waals surface area contributed by atoms with E-state index in [2.05, 4.69) is 25.5 Å². The van der Waals surface area contributed by atoms with E-state index >= 15 is 0 Å². The molecule has 2 aromatic rings. The number of rotatable bonds is 7. The molecule has 0 radical (unpaired) electrons. The summed E-state index contributed by atoms with van der Waals surface area (Å²) in [6.45, 7) is 0. The van der Waals surface area contributed by atoms with Crippen molar-refractivity contribution in [3.05, 3.63) is 54.4 Å². The molecule has 1 aromatic carbocycles. The Morgan fingerprint density at radius 3 is 2.97 bits per heavy atom. The van der Waals surface area contributed by atoms with E-state index in [9.17, 15) is 9.59 Å². The van der Waals surface area contributed by atoms with Gasteiger partial charge >= 0.3 is 0 Å². The topological polar surface area (TPSA) is 111 Å². The van der Waals surface area contributed by atoms with E-state index in [1.807, 2.05) is 18.2 Å². The second kappa shape index (κ2) is 9.09. The molecule has 0 saturated carbocycles. The van der Waals surface area contributed by atoms with Crippen molar-refractivity contribution in [3.8, 4) is 5.75 Å². The Morgan fingerprint density at radius 1 is 1.26 bits per heavy atom. The van der Waals surface area contributed by atoms with Gasteiger partial charge in [-0.25, -0.2) is 4.99 Å². The molecule has 31 heavy (non-hydrogen) atoms. The number of methoxy groups -OCH3 is 1. The quantitative estimate of drug-likeness (QED) is 0.667. The van der Waals surface area contributed by atoms with Crippen LogP contribution < -0.4 is 10.1 Å². The molecule has 1 N–H and O–H groups in total. The molecule has 2 aliphatic rings. The number of anilines is 1. The fourth-order valence-electron chi connectivity index (χ4n) is 3.09. The van der Waals surface area contributed by atoms with E-state index < -0.39 is 0 Å². The van der Waals surface area contributed by atoms with Gasteiger partial charge in [0.1, 0.15) is 23.3 Å². The number of amidine groups is 1. The van der Waals surface area contributed by atoms with Crippen molar-refractivity contribution < 1.29 is 14.3 Å². The lowest BCUT2D eigenvalue weighted by Crippen LogP contribution is -2.27. The number of carbonyl (C=O) groups is 2. The smallest absolute Gasteiger partial charge is 0.260 e. The zero-order valence-electron chi connectivity index (χ0n) is 17.0. The van der Waals surface area contributed by atoms with Crippen molar-refractivity contribution in [2.45, 2.75) is 11.6 Å². The maximum absolute atomic E-state index is 12.4. The lowest BCUT2D eigenvalue weighted by molar-refractivity contribution is -0.118. The van der Waals surface area contributed by atoms with Crippen LogP contribution in [0.25, 0.3) is 0 Å². The predicted octanol–water partition coefficient (Wildman–Crippen LogP) is 2.22. The number of thioether (sulfide) groups is 1. The maximum atomic E-state index is 12.4. The summed E-state index contributed by atoms with van der Waals surface area (Å²) in [5, 5.41) is 11.7. The van der Waals surface area contributed by atoms with Crippen molar-refractivity contribution in [2.75, 3.05) is 18.2 Å². The zero-order chi connectivity index (χ0) is 21.8. The van der Waals surface area contributed by atoms with Crippen molar-refractivity contribution in [3.63, 3.8) is 0 Å². The van der Waals surface area contributed by atoms with Crippen molar-refractivity contribution >= 4 is 40.8 Å². The van der Waals surface area contributed by atoms with E-state index in [4.69, 9.17) is 4.74 Å². The third-order valence-electron chi connectivity index (χ3n) is 4.69. The molecule has 1 unspecified atom stereocenters. The van der Waals surface area contributed by atoms with Gasteiger partial charge in [-0.05, 0) is 18.2 Å². The van der Waals surface area contributed by atoms with E-state index in [0.717, 1.165) is 0 Å². The minimum atomic E-state index is -0.386. The van der Waals surface area contributed by atoms with Gasteiger partial charge in [0.2, 0.25) is 5.91 Å². The van der Waals surface area contributed by atoms with Crippen LogP contribution in [0.1, 0.15) is 5.82 Å². The molecular formula is C21H20N6O3S. The van der Waals surface area contributed by atoms with E-state index in [1.54, 1.807) is 49.1 Å². The standard InChI is InChI=1S/C21H20N6O3S/c1-27-18(11-19(28)22-13-6-5-7-14(10-13)30-2)25-26-21(27)31-12-17-23-16-9-4-3-8-15(16)20(29)24-17/h3-10,15H,11-12H2,1-2H3,(H,22,28). The highest BCUT2D eigenvalue weighted by molar-refractivity contribution is 7.99. The molecule has 158 valence electrons. The van der Waals surface area contributed by atoms with Crippen molar-refractivity contribution in [1.82, 2.24) is 14.8 Å². The number of hydrogen-bond donors (Lipinski definition) is 1. The molecule has 2 amide bonds. The first-order valence-corrected chi connectivity index (χ1v) is 10.5. The van der Waals surface area contributed by atoms with Crippen LogP contribution in [-0.4, -0.2) is 51.0 Å². The number of aliphatic imine (C=N–C) groups is 2. The number of benzene rings is 1. The van der Waals surface area contributed by atoms with Gasteiger partial charge in [-0.3, -0.25) is 9.59 Å². The predicted molar refractivity (Wildman–Crippen MR) is 119 cm³/mol. The molecule has 1 aromatic heterocycles. The fourth-order valence-corrected chi connectivity index (χ4v) is 3.87. The lowest BCUT2D eigenvalue weighted by Gasteiger charge is -2.17. The minimum absolute atomic E-state index is 0.0712. The molecule has 1 aliphatic carbocycles. The normalized spacial score (nSPS) is 17.1. The second-order valence-corrected chi connectivity index (χ2v) is 7.77. The highest BCUT2D eigenvalue weighted by Crippen LogP contribution is 2.21. The molecule has 0 spiro atoms. The minimum Gasteiger partial charge on any atom is -0.497 e. The van der Waals surface area contributed by atoms with Gasteiger partial charge in [-0.1, -0.05) is 36.1 Å². The number of allylic oxidation sites excluding steroid dienone is 3. The average molecular weight is 436 g/mol. The van der Waals surface area contributed by atoms with Gasteiger partial charge < -0.3 is 14.6 Å². The summed E-state index contributed by atoms with van der Waals surface area (Å²) in [6.07, 6.45) is 7.36. The third kappa shape index (κ3) is 4.80. The first-order chi connectivity index (χ1) is 15.0. The van der Waals surface area contributed by atoms with Crippen molar-refractivity contribution in [2.24, 2.45) is 23.0 Å². The van der Waals surface area contributed by atoms with Crippen LogP contribution in [0.5, 0.6) is 5.75 Å². The molecule has 10 heteroatoms. The Labute approximate surface area is 183 Å². The maximum Gasteiger partial charge on any atom is 0.260 e. The Balaban J connectivity index is 1.36. The summed E-state index contributed by atoms with van der Waals surface area (Å²) in [6, 6.07) is 7.13. The first-order valence-electron chi connectivity index (χ1n) is 9.53. The summed E-state index contributed by atoms with van der Waals surface area (Å²) < 4.78 is 6.91. The van der Waals surface area contributed by atoms with Gasteiger partial charge in [-0.15, -0.1) is 10.2 Å². The van der Waals surface area contributed by atoms with Crippen LogP contribution in [0.15, 0.2) is 63.7 Å². The largest absolute Gasteiger partial charge is 0.497 e. The number of nitrogens with one attached hydrogen (secondary N) is 1. The highest BCUT2D eigenvalue weighted by atomic mass is 32.2. The number of fused-ring (bicyclic) bond motifs is 1. The number of amides is 2. The average Bonchev–Trinajstić information content (AvgIpc) is 3.11. The van der Waals surface area contributed by atoms with Gasteiger partial charge in [0.15, 0.2) is 5.16 Å². The molecule has 4 rings (SSSR count). The van der Waals surface area contributed by atoms with Crippen LogP contribution >= 0.6 is 11.8 Å². The van der Waals surface area contributed by atoms with E-state index in [-0.39, 0.29) is 24.2 Å². The Kier molecular flexibility index (Phi) is 6.08. The van der Waals surface area contributed by atoms with E-state index in [0.29, 0.717) is 39.7 Å². The third-order valence-corrected chi connectivity index (χ3v) is 5.71. The number of carbonyl (C=O) groups excluding carboxylic acids is 2. The summed E-state index contributed by atoms with van der Waals surface area (Å²) in [5.74, 6) is 1.20. The SMILES string of the molecule is COc1cccc(NC(=O)Cc2nnc(SCC3=NC(=O)C4C=CC=CC4=N3)n2C)c1. The highest BCUT2D eigenvalue weighted by Gasteiger charge is 2.26. The molecular weight excluding hydrogens is 416 g/mol. The number of ether oxygens (including phenoxy) is 1. The summed E-state index contributed by atoms with van der Waals surface area (Å²) >= 11 is 1.36.